The standard InChI is InChI=1S/C11H16N2O2S/c1-8-6-13(4-3-12-8)11(14)10-5-9(15-2)7-16-10/h5,7-8,12H,3-4,6H2,1-2H3/t8-/m0/s1. The topological polar surface area (TPSA) is 41.6 Å². The smallest absolute Gasteiger partial charge is 0.264 e. The minimum Gasteiger partial charge on any atom is -0.496 e. The van der Waals surface area contributed by atoms with Gasteiger partial charge in [0.1, 0.15) is 5.75 Å². The van der Waals surface area contributed by atoms with Gasteiger partial charge in [-0.2, -0.15) is 0 Å². The molecule has 0 aromatic carbocycles. The molecule has 0 saturated carbocycles. The summed E-state index contributed by atoms with van der Waals surface area (Å²) in [7, 11) is 1.61. The third-order valence-corrected chi connectivity index (χ3v) is 3.57. The number of carbonyl (C=O) groups excluding carboxylic acids is 1. The van der Waals surface area contributed by atoms with E-state index in [0.717, 1.165) is 30.3 Å². The predicted molar refractivity (Wildman–Crippen MR) is 64.2 cm³/mol. The molecule has 1 amide bonds. The minimum absolute atomic E-state index is 0.113. The molecule has 1 fully saturated rings. The van der Waals surface area contributed by atoms with Gasteiger partial charge in [0.2, 0.25) is 0 Å². The van der Waals surface area contributed by atoms with Crippen molar-refractivity contribution >= 4 is 17.2 Å². The van der Waals surface area contributed by atoms with Crippen LogP contribution in [-0.2, 0) is 0 Å². The number of nitrogens with zero attached hydrogens (tertiary/aromatic N) is 1. The van der Waals surface area contributed by atoms with Crippen molar-refractivity contribution in [2.24, 2.45) is 0 Å². The first-order chi connectivity index (χ1) is 7.70. The van der Waals surface area contributed by atoms with E-state index in [9.17, 15) is 4.79 Å². The molecule has 1 aliphatic rings. The molecule has 5 heteroatoms. The van der Waals surface area contributed by atoms with E-state index < -0.39 is 0 Å². The van der Waals surface area contributed by atoms with Crippen molar-refractivity contribution < 1.29 is 9.53 Å². The summed E-state index contributed by atoms with van der Waals surface area (Å²) in [6, 6.07) is 2.18. The van der Waals surface area contributed by atoms with E-state index in [1.54, 1.807) is 13.2 Å². The highest BCUT2D eigenvalue weighted by Crippen LogP contribution is 2.22. The third kappa shape index (κ3) is 2.36. The Hall–Kier alpha value is -1.07. The van der Waals surface area contributed by atoms with Crippen LogP contribution >= 0.6 is 11.3 Å². The van der Waals surface area contributed by atoms with E-state index in [1.165, 1.54) is 11.3 Å². The van der Waals surface area contributed by atoms with Crippen molar-refractivity contribution in [3.63, 3.8) is 0 Å². The number of nitrogens with one attached hydrogen (secondary N) is 1. The van der Waals surface area contributed by atoms with E-state index >= 15 is 0 Å². The highest BCUT2D eigenvalue weighted by Gasteiger charge is 2.22. The largest absolute Gasteiger partial charge is 0.496 e. The summed E-state index contributed by atoms with van der Waals surface area (Å²) < 4.78 is 5.08. The van der Waals surface area contributed by atoms with Gasteiger partial charge >= 0.3 is 0 Å². The number of rotatable bonds is 2. The quantitative estimate of drug-likeness (QED) is 0.844. The molecule has 0 bridgehead atoms. The van der Waals surface area contributed by atoms with Crippen LogP contribution in [0.1, 0.15) is 16.6 Å². The van der Waals surface area contributed by atoms with Crippen LogP contribution in [0.15, 0.2) is 11.4 Å². The van der Waals surface area contributed by atoms with E-state index in [0.29, 0.717) is 6.04 Å². The average Bonchev–Trinajstić information content (AvgIpc) is 2.76. The first-order valence-electron chi connectivity index (χ1n) is 5.36. The molecule has 1 aromatic rings. The molecule has 4 nitrogen and oxygen atoms in total. The molecule has 1 saturated heterocycles. The third-order valence-electron chi connectivity index (χ3n) is 2.68. The molecule has 1 aliphatic heterocycles. The Balaban J connectivity index is 2.06. The molecule has 1 N–H and O–H groups in total. The second-order valence-corrected chi connectivity index (χ2v) is 4.87. The molecule has 1 aromatic heterocycles. The molecule has 2 rings (SSSR count). The zero-order valence-corrected chi connectivity index (χ0v) is 10.3. The number of hydrogen-bond donors (Lipinski definition) is 1. The van der Waals surface area contributed by atoms with Gasteiger partial charge in [-0.3, -0.25) is 4.79 Å². The average molecular weight is 240 g/mol. The maximum absolute atomic E-state index is 12.1. The van der Waals surface area contributed by atoms with Gasteiger partial charge < -0.3 is 15.0 Å². The fourth-order valence-corrected chi connectivity index (χ4v) is 2.63. The molecule has 0 radical (unpaired) electrons. The molecule has 88 valence electrons. The molecule has 0 aliphatic carbocycles. The number of amides is 1. The van der Waals surface area contributed by atoms with Gasteiger partial charge in [0.05, 0.1) is 12.0 Å². The first-order valence-corrected chi connectivity index (χ1v) is 6.24. The van der Waals surface area contributed by atoms with Gasteiger partial charge in [-0.25, -0.2) is 0 Å². The van der Waals surface area contributed by atoms with Crippen molar-refractivity contribution in [2.75, 3.05) is 26.7 Å². The Morgan fingerprint density at radius 3 is 3.12 bits per heavy atom. The Labute approximate surface area is 99.2 Å². The molecular weight excluding hydrogens is 224 g/mol. The van der Waals surface area contributed by atoms with E-state index in [1.807, 2.05) is 10.3 Å². The summed E-state index contributed by atoms with van der Waals surface area (Å²) in [4.78, 5) is 14.8. The lowest BCUT2D eigenvalue weighted by Crippen LogP contribution is -2.51. The summed E-state index contributed by atoms with van der Waals surface area (Å²) in [5.41, 5.74) is 0. The predicted octanol–water partition coefficient (Wildman–Crippen LogP) is 1.19. The maximum Gasteiger partial charge on any atom is 0.264 e. The lowest BCUT2D eigenvalue weighted by Gasteiger charge is -2.31. The van der Waals surface area contributed by atoms with Crippen LogP contribution in [0.4, 0.5) is 0 Å². The molecule has 0 spiro atoms. The molecular formula is C11H16N2O2S. The van der Waals surface area contributed by atoms with Gasteiger partial charge in [0.15, 0.2) is 0 Å². The number of hydrogen-bond acceptors (Lipinski definition) is 4. The van der Waals surface area contributed by atoms with E-state index in [4.69, 9.17) is 4.74 Å². The van der Waals surface area contributed by atoms with Crippen molar-refractivity contribution in [1.82, 2.24) is 10.2 Å². The fourth-order valence-electron chi connectivity index (χ4n) is 1.81. The zero-order chi connectivity index (χ0) is 11.5. The molecule has 1 atom stereocenters. The van der Waals surface area contributed by atoms with Gasteiger partial charge in [-0.1, -0.05) is 0 Å². The number of piperazine rings is 1. The lowest BCUT2D eigenvalue weighted by molar-refractivity contribution is 0.0714. The summed E-state index contributed by atoms with van der Waals surface area (Å²) >= 11 is 1.44. The summed E-state index contributed by atoms with van der Waals surface area (Å²) in [6.45, 7) is 4.52. The Morgan fingerprint density at radius 2 is 2.50 bits per heavy atom. The maximum atomic E-state index is 12.1. The van der Waals surface area contributed by atoms with E-state index in [-0.39, 0.29) is 5.91 Å². The first kappa shape index (κ1) is 11.4. The highest BCUT2D eigenvalue weighted by atomic mass is 32.1. The highest BCUT2D eigenvalue weighted by molar-refractivity contribution is 7.12. The van der Waals surface area contributed by atoms with Crippen molar-refractivity contribution in [2.45, 2.75) is 13.0 Å². The summed E-state index contributed by atoms with van der Waals surface area (Å²) in [5, 5.41) is 5.18. The number of ether oxygens (including phenoxy) is 1. The Kier molecular flexibility index (Phi) is 3.46. The zero-order valence-electron chi connectivity index (χ0n) is 9.53. The van der Waals surface area contributed by atoms with Crippen LogP contribution in [0, 0.1) is 0 Å². The summed E-state index contributed by atoms with van der Waals surface area (Å²) in [5.74, 6) is 0.873. The lowest BCUT2D eigenvalue weighted by atomic mass is 10.2. The van der Waals surface area contributed by atoms with Crippen molar-refractivity contribution in [1.29, 1.82) is 0 Å². The van der Waals surface area contributed by atoms with E-state index in [2.05, 4.69) is 12.2 Å². The van der Waals surface area contributed by atoms with Crippen LogP contribution in [0.5, 0.6) is 5.75 Å². The fraction of sp³-hybridized carbons (Fsp3) is 0.545. The van der Waals surface area contributed by atoms with Crippen LogP contribution in [0.3, 0.4) is 0 Å². The van der Waals surface area contributed by atoms with Crippen molar-refractivity contribution in [3.05, 3.63) is 16.3 Å². The van der Waals surface area contributed by atoms with Gasteiger partial charge in [-0.05, 0) is 6.92 Å². The van der Waals surface area contributed by atoms with Gasteiger partial charge in [0, 0.05) is 37.1 Å². The molecule has 16 heavy (non-hydrogen) atoms. The second kappa shape index (κ2) is 4.84. The van der Waals surface area contributed by atoms with Crippen LogP contribution in [0.2, 0.25) is 0 Å². The molecule has 0 unspecified atom stereocenters. The summed E-state index contributed by atoms with van der Waals surface area (Å²) in [6.07, 6.45) is 0. The van der Waals surface area contributed by atoms with Crippen LogP contribution in [0.25, 0.3) is 0 Å². The SMILES string of the molecule is COc1csc(C(=O)N2CCN[C@@H](C)C2)c1. The molecule has 2 heterocycles. The number of carbonyl (C=O) groups is 1. The number of methoxy groups -OCH3 is 1. The van der Waals surface area contributed by atoms with Gasteiger partial charge in [-0.15, -0.1) is 11.3 Å². The van der Waals surface area contributed by atoms with Gasteiger partial charge in [0.25, 0.3) is 5.91 Å². The Morgan fingerprint density at radius 1 is 1.69 bits per heavy atom. The minimum atomic E-state index is 0.113. The number of thiophene rings is 1. The monoisotopic (exact) mass is 240 g/mol. The van der Waals surface area contributed by atoms with Crippen LogP contribution < -0.4 is 10.1 Å². The van der Waals surface area contributed by atoms with Crippen LogP contribution in [-0.4, -0.2) is 43.6 Å². The normalized spacial score (nSPS) is 20.9. The second-order valence-electron chi connectivity index (χ2n) is 3.96. The van der Waals surface area contributed by atoms with Crippen molar-refractivity contribution in [3.8, 4) is 5.75 Å². The Bertz CT molecular complexity index is 378.